The number of guanidine groups is 1. The molecule has 1 aromatic carbocycles. The number of carbonyl (C=O) groups is 1. The topological polar surface area (TPSA) is 115 Å². The number of pyridine rings is 1. The van der Waals surface area contributed by atoms with Crippen LogP contribution in [0.3, 0.4) is 0 Å². The van der Waals surface area contributed by atoms with Crippen LogP contribution in [0.1, 0.15) is 41.4 Å². The van der Waals surface area contributed by atoms with Crippen molar-refractivity contribution in [2.45, 2.75) is 37.0 Å². The van der Waals surface area contributed by atoms with Gasteiger partial charge in [0.1, 0.15) is 5.25 Å². The normalized spacial score (nSPS) is 24.5. The van der Waals surface area contributed by atoms with E-state index in [0.29, 0.717) is 30.5 Å². The summed E-state index contributed by atoms with van der Waals surface area (Å²) in [5, 5.41) is 13.1. The fraction of sp³-hybridized carbons (Fsp3) is 0.350. The SMILES string of the molecule is CN1C(=N)N[C@]2(C)c3cc(NC(=O)c4ncc(Cl)cc4F)ccc3CCCC2S1(=O)=O. The lowest BCUT2D eigenvalue weighted by Crippen LogP contribution is -2.65. The Morgan fingerprint density at radius 1 is 1.42 bits per heavy atom. The highest BCUT2D eigenvalue weighted by Crippen LogP contribution is 2.42. The smallest absolute Gasteiger partial charge is 0.277 e. The van der Waals surface area contributed by atoms with E-state index in [1.807, 2.05) is 6.07 Å². The number of hydrogen-bond donors (Lipinski definition) is 3. The van der Waals surface area contributed by atoms with Crippen molar-refractivity contribution in [3.63, 3.8) is 0 Å². The van der Waals surface area contributed by atoms with Crippen molar-refractivity contribution in [1.29, 1.82) is 5.41 Å². The molecule has 3 N–H and O–H groups in total. The van der Waals surface area contributed by atoms with E-state index in [9.17, 15) is 17.6 Å². The molecule has 0 saturated carbocycles. The van der Waals surface area contributed by atoms with Crippen molar-refractivity contribution in [3.8, 4) is 0 Å². The first-order chi connectivity index (χ1) is 14.5. The number of nitrogens with one attached hydrogen (secondary N) is 3. The quantitative estimate of drug-likeness (QED) is 0.630. The second-order valence-corrected chi connectivity index (χ2v) is 10.5. The number of amides is 1. The standard InChI is InChI=1S/C20H21ClFN5O3S/c1-20-14-9-13(25-18(28)17-15(22)8-12(21)10-24-17)7-6-11(14)4-3-5-16(20)31(29,30)27(2)19(23)26-20/h6-10,16H,3-5H2,1-2H3,(H2,23,26)(H,25,28)/t16?,20-/m1/s1. The highest BCUT2D eigenvalue weighted by atomic mass is 35.5. The van der Waals surface area contributed by atoms with E-state index in [4.69, 9.17) is 17.0 Å². The number of halogens is 2. The first-order valence-electron chi connectivity index (χ1n) is 9.64. The largest absolute Gasteiger partial charge is 0.345 e. The van der Waals surface area contributed by atoms with Gasteiger partial charge in [0, 0.05) is 18.9 Å². The average molecular weight is 466 g/mol. The summed E-state index contributed by atoms with van der Waals surface area (Å²) in [6.07, 6.45) is 2.94. The van der Waals surface area contributed by atoms with E-state index < -0.39 is 38.2 Å². The molecule has 0 bridgehead atoms. The van der Waals surface area contributed by atoms with Crippen LogP contribution in [0.25, 0.3) is 0 Å². The number of sulfonamides is 1. The molecule has 11 heteroatoms. The van der Waals surface area contributed by atoms with E-state index in [2.05, 4.69) is 15.6 Å². The van der Waals surface area contributed by atoms with Crippen LogP contribution in [-0.4, -0.2) is 41.9 Å². The van der Waals surface area contributed by atoms with Gasteiger partial charge in [-0.1, -0.05) is 17.7 Å². The van der Waals surface area contributed by atoms with E-state index in [0.717, 1.165) is 15.9 Å². The predicted molar refractivity (Wildman–Crippen MR) is 115 cm³/mol. The van der Waals surface area contributed by atoms with Gasteiger partial charge in [-0.25, -0.2) is 22.1 Å². The first kappa shape index (κ1) is 21.5. The fourth-order valence-electron chi connectivity index (χ4n) is 4.31. The van der Waals surface area contributed by atoms with Gasteiger partial charge in [-0.15, -0.1) is 0 Å². The number of aryl methyl sites for hydroxylation is 1. The van der Waals surface area contributed by atoms with Gasteiger partial charge in [0.15, 0.2) is 11.5 Å². The fourth-order valence-corrected chi connectivity index (χ4v) is 6.38. The summed E-state index contributed by atoms with van der Waals surface area (Å²) in [5.41, 5.74) is 0.521. The van der Waals surface area contributed by atoms with Gasteiger partial charge in [0.05, 0.1) is 10.6 Å². The highest BCUT2D eigenvalue weighted by Gasteiger charge is 2.52. The minimum atomic E-state index is -3.74. The third-order valence-corrected chi connectivity index (χ3v) is 8.52. The highest BCUT2D eigenvalue weighted by molar-refractivity contribution is 7.90. The average Bonchev–Trinajstić information content (AvgIpc) is 2.83. The third-order valence-electron chi connectivity index (χ3n) is 5.94. The number of anilines is 1. The number of hydrogen-bond acceptors (Lipinski definition) is 5. The molecule has 2 aliphatic rings. The minimum Gasteiger partial charge on any atom is -0.345 e. The molecule has 1 fully saturated rings. The zero-order valence-corrected chi connectivity index (χ0v) is 18.4. The predicted octanol–water partition coefficient (Wildman–Crippen LogP) is 2.85. The zero-order valence-electron chi connectivity index (χ0n) is 16.9. The van der Waals surface area contributed by atoms with Crippen molar-refractivity contribution in [1.82, 2.24) is 14.6 Å². The van der Waals surface area contributed by atoms with Crippen LogP contribution in [0.4, 0.5) is 10.1 Å². The summed E-state index contributed by atoms with van der Waals surface area (Å²) in [6, 6.07) is 6.19. The van der Waals surface area contributed by atoms with E-state index in [-0.39, 0.29) is 11.0 Å². The number of carbonyl (C=O) groups excluding carboxylic acids is 1. The molecule has 4 rings (SSSR count). The van der Waals surface area contributed by atoms with Gasteiger partial charge in [-0.3, -0.25) is 10.2 Å². The summed E-state index contributed by atoms with van der Waals surface area (Å²) in [6.45, 7) is 1.76. The van der Waals surface area contributed by atoms with Crippen molar-refractivity contribution >= 4 is 39.2 Å². The van der Waals surface area contributed by atoms with E-state index in [1.165, 1.54) is 13.2 Å². The Bertz CT molecular complexity index is 1210. The van der Waals surface area contributed by atoms with Crippen LogP contribution >= 0.6 is 11.6 Å². The number of aromatic nitrogens is 1. The van der Waals surface area contributed by atoms with Gasteiger partial charge < -0.3 is 10.6 Å². The number of fused-ring (bicyclic) bond motifs is 3. The lowest BCUT2D eigenvalue weighted by molar-refractivity contribution is 0.101. The molecule has 1 aliphatic carbocycles. The maximum atomic E-state index is 14.1. The maximum Gasteiger partial charge on any atom is 0.277 e. The number of benzene rings is 1. The molecular weight excluding hydrogens is 445 g/mol. The van der Waals surface area contributed by atoms with Gasteiger partial charge in [0.25, 0.3) is 5.91 Å². The Morgan fingerprint density at radius 2 is 2.16 bits per heavy atom. The molecule has 1 aromatic heterocycles. The second kappa shape index (κ2) is 7.45. The Labute approximate surface area is 184 Å². The molecule has 0 radical (unpaired) electrons. The second-order valence-electron chi connectivity index (χ2n) is 7.88. The molecule has 2 aromatic rings. The summed E-state index contributed by atoms with van der Waals surface area (Å²) >= 11 is 5.69. The molecular formula is C20H21ClFN5O3S. The molecule has 2 heterocycles. The third kappa shape index (κ3) is 3.53. The van der Waals surface area contributed by atoms with Crippen molar-refractivity contribution in [3.05, 3.63) is 58.1 Å². The zero-order chi connectivity index (χ0) is 22.6. The Kier molecular flexibility index (Phi) is 5.17. The van der Waals surface area contributed by atoms with Crippen molar-refractivity contribution < 1.29 is 17.6 Å². The molecule has 1 saturated heterocycles. The van der Waals surface area contributed by atoms with E-state index >= 15 is 0 Å². The van der Waals surface area contributed by atoms with Gasteiger partial charge in [0.2, 0.25) is 16.0 Å². The molecule has 1 unspecified atom stereocenters. The molecule has 0 spiro atoms. The van der Waals surface area contributed by atoms with Gasteiger partial charge in [-0.2, -0.15) is 0 Å². The van der Waals surface area contributed by atoms with Crippen molar-refractivity contribution in [2.24, 2.45) is 0 Å². The Hall–Kier alpha value is -2.72. The van der Waals surface area contributed by atoms with Crippen LogP contribution < -0.4 is 10.6 Å². The first-order valence-corrected chi connectivity index (χ1v) is 11.5. The maximum absolute atomic E-state index is 14.1. The monoisotopic (exact) mass is 465 g/mol. The summed E-state index contributed by atoms with van der Waals surface area (Å²) in [5.74, 6) is -1.81. The molecule has 1 amide bonds. The molecule has 1 aliphatic heterocycles. The molecule has 164 valence electrons. The minimum absolute atomic E-state index is 0.0787. The van der Waals surface area contributed by atoms with Crippen LogP contribution in [0, 0.1) is 11.2 Å². The number of rotatable bonds is 2. The Morgan fingerprint density at radius 3 is 2.87 bits per heavy atom. The Balaban J connectivity index is 1.74. The van der Waals surface area contributed by atoms with Crippen molar-refractivity contribution in [2.75, 3.05) is 12.4 Å². The van der Waals surface area contributed by atoms with E-state index in [1.54, 1.807) is 19.1 Å². The van der Waals surface area contributed by atoms with Crippen LogP contribution in [0.2, 0.25) is 5.02 Å². The number of nitrogens with zero attached hydrogens (tertiary/aromatic N) is 2. The molecule has 8 nitrogen and oxygen atoms in total. The van der Waals surface area contributed by atoms with Crippen LogP contribution in [-0.2, 0) is 22.0 Å². The lowest BCUT2D eigenvalue weighted by atomic mass is 9.85. The van der Waals surface area contributed by atoms with Gasteiger partial charge >= 0.3 is 0 Å². The summed E-state index contributed by atoms with van der Waals surface area (Å²) in [7, 11) is -2.38. The summed E-state index contributed by atoms with van der Waals surface area (Å²) in [4.78, 5) is 16.3. The molecule has 31 heavy (non-hydrogen) atoms. The van der Waals surface area contributed by atoms with Gasteiger partial charge in [-0.05, 0) is 55.5 Å². The molecule has 2 atom stereocenters. The lowest BCUT2D eigenvalue weighted by Gasteiger charge is -2.46. The van der Waals surface area contributed by atoms with Crippen LogP contribution in [0.5, 0.6) is 0 Å². The van der Waals surface area contributed by atoms with Crippen LogP contribution in [0.15, 0.2) is 30.5 Å². The summed E-state index contributed by atoms with van der Waals surface area (Å²) < 4.78 is 41.1.